The Hall–Kier alpha value is -3.56. The van der Waals surface area contributed by atoms with E-state index in [0.29, 0.717) is 17.1 Å². The minimum Gasteiger partial charge on any atom is -0.493 e. The molecule has 1 saturated carbocycles. The summed E-state index contributed by atoms with van der Waals surface area (Å²) in [4.78, 5) is 15.1. The largest absolute Gasteiger partial charge is 0.493 e. The zero-order valence-corrected chi connectivity index (χ0v) is 19.2. The molecule has 1 aromatic carbocycles. The molecule has 1 N–H and O–H groups in total. The normalized spacial score (nSPS) is 14.6. The molecule has 3 aromatic rings. The van der Waals surface area contributed by atoms with Crippen molar-refractivity contribution < 1.29 is 32.5 Å². The van der Waals surface area contributed by atoms with Crippen LogP contribution in [0.1, 0.15) is 60.4 Å². The minimum atomic E-state index is -4.46. The van der Waals surface area contributed by atoms with Gasteiger partial charge in [-0.15, -0.1) is 0 Å². The van der Waals surface area contributed by atoms with Crippen LogP contribution in [0.25, 0.3) is 5.82 Å². The molecule has 186 valence electrons. The number of alkyl halides is 3. The first kappa shape index (κ1) is 24.6. The number of pyridine rings is 1. The van der Waals surface area contributed by atoms with Crippen LogP contribution >= 0.6 is 0 Å². The van der Waals surface area contributed by atoms with Gasteiger partial charge in [-0.05, 0) is 42.7 Å². The van der Waals surface area contributed by atoms with E-state index in [2.05, 4.69) is 4.98 Å². The standard InChI is InChI=1S/C25H26F3N3O4/c1-34-20-9-7-16(12-23(32)33)11-21(20)35-15-18-14-31(30-24(18)17-5-3-2-4-6-17)22-10-8-19(13-29-22)25(26,27)28/h7-11,13-14,17H,2-6,12,15H2,1H3,(H,32,33). The third-order valence-corrected chi connectivity index (χ3v) is 6.09. The first-order chi connectivity index (χ1) is 16.7. The maximum Gasteiger partial charge on any atom is 0.417 e. The van der Waals surface area contributed by atoms with Crippen molar-refractivity contribution in [2.75, 3.05) is 7.11 Å². The highest BCUT2D eigenvalue weighted by atomic mass is 19.4. The Morgan fingerprint density at radius 2 is 1.91 bits per heavy atom. The summed E-state index contributed by atoms with van der Waals surface area (Å²) in [6.45, 7) is 0.138. The number of carboxylic acids is 1. The zero-order valence-electron chi connectivity index (χ0n) is 19.2. The molecule has 1 aliphatic carbocycles. The van der Waals surface area contributed by atoms with Gasteiger partial charge in [0.25, 0.3) is 0 Å². The maximum atomic E-state index is 12.9. The lowest BCUT2D eigenvalue weighted by Gasteiger charge is -2.21. The monoisotopic (exact) mass is 489 g/mol. The van der Waals surface area contributed by atoms with Crippen LogP contribution in [-0.2, 0) is 24.0 Å². The molecule has 0 bridgehead atoms. The molecular formula is C25H26F3N3O4. The van der Waals surface area contributed by atoms with Gasteiger partial charge in [-0.3, -0.25) is 4.79 Å². The van der Waals surface area contributed by atoms with Crippen LogP contribution < -0.4 is 9.47 Å². The van der Waals surface area contributed by atoms with Crippen molar-refractivity contribution in [2.24, 2.45) is 0 Å². The van der Waals surface area contributed by atoms with Crippen molar-refractivity contribution in [3.63, 3.8) is 0 Å². The first-order valence-corrected chi connectivity index (χ1v) is 11.4. The van der Waals surface area contributed by atoms with Crippen LogP contribution in [0, 0.1) is 0 Å². The lowest BCUT2D eigenvalue weighted by molar-refractivity contribution is -0.138. The van der Waals surface area contributed by atoms with Crippen LogP contribution in [0.4, 0.5) is 13.2 Å². The lowest BCUT2D eigenvalue weighted by Crippen LogP contribution is -2.10. The van der Waals surface area contributed by atoms with E-state index in [-0.39, 0.29) is 24.8 Å². The van der Waals surface area contributed by atoms with E-state index in [1.165, 1.54) is 17.9 Å². The molecule has 0 saturated heterocycles. The third kappa shape index (κ3) is 5.93. The van der Waals surface area contributed by atoms with Crippen molar-refractivity contribution in [3.05, 3.63) is 65.1 Å². The molecule has 0 radical (unpaired) electrons. The molecular weight excluding hydrogens is 463 g/mol. The average Bonchev–Trinajstić information content (AvgIpc) is 3.27. The van der Waals surface area contributed by atoms with E-state index in [4.69, 9.17) is 19.7 Å². The van der Waals surface area contributed by atoms with E-state index >= 15 is 0 Å². The SMILES string of the molecule is COc1ccc(CC(=O)O)cc1OCc1cn(-c2ccc(C(F)(F)F)cn2)nc1C1CCCCC1. The highest BCUT2D eigenvalue weighted by molar-refractivity contribution is 5.70. The van der Waals surface area contributed by atoms with Crippen LogP contribution in [0.3, 0.4) is 0 Å². The Bertz CT molecular complexity index is 1170. The highest BCUT2D eigenvalue weighted by Gasteiger charge is 2.31. The van der Waals surface area contributed by atoms with Gasteiger partial charge in [0.05, 0.1) is 24.8 Å². The molecule has 10 heteroatoms. The number of hydrogen-bond donors (Lipinski definition) is 1. The second-order valence-corrected chi connectivity index (χ2v) is 8.57. The Morgan fingerprint density at radius 1 is 1.14 bits per heavy atom. The molecule has 2 aromatic heterocycles. The Balaban J connectivity index is 1.62. The van der Waals surface area contributed by atoms with Gasteiger partial charge in [0.15, 0.2) is 17.3 Å². The number of aliphatic carboxylic acids is 1. The van der Waals surface area contributed by atoms with Gasteiger partial charge < -0.3 is 14.6 Å². The fraction of sp³-hybridized carbons (Fsp3) is 0.400. The fourth-order valence-electron chi connectivity index (χ4n) is 4.33. The second-order valence-electron chi connectivity index (χ2n) is 8.57. The number of methoxy groups -OCH3 is 1. The predicted octanol–water partition coefficient (Wildman–Crippen LogP) is 5.55. The van der Waals surface area contributed by atoms with Crippen LogP contribution in [0.5, 0.6) is 11.5 Å². The molecule has 1 aliphatic rings. The molecule has 0 atom stereocenters. The van der Waals surface area contributed by atoms with Gasteiger partial charge >= 0.3 is 12.1 Å². The Morgan fingerprint density at radius 3 is 2.54 bits per heavy atom. The number of aromatic nitrogens is 3. The van der Waals surface area contributed by atoms with Crippen molar-refractivity contribution in [1.82, 2.24) is 14.8 Å². The molecule has 4 rings (SSSR count). The summed E-state index contributed by atoms with van der Waals surface area (Å²) in [6, 6.07) is 7.24. The number of carbonyl (C=O) groups is 1. The summed E-state index contributed by atoms with van der Waals surface area (Å²) in [7, 11) is 1.50. The lowest BCUT2D eigenvalue weighted by atomic mass is 9.86. The maximum absolute atomic E-state index is 12.9. The van der Waals surface area contributed by atoms with Crippen molar-refractivity contribution in [1.29, 1.82) is 0 Å². The van der Waals surface area contributed by atoms with Crippen LogP contribution in [0.2, 0.25) is 0 Å². The summed E-state index contributed by atoms with van der Waals surface area (Å²) in [5, 5.41) is 13.8. The van der Waals surface area contributed by atoms with E-state index in [1.54, 1.807) is 24.4 Å². The van der Waals surface area contributed by atoms with E-state index < -0.39 is 17.7 Å². The molecule has 1 fully saturated rings. The van der Waals surface area contributed by atoms with Crippen molar-refractivity contribution in [2.45, 2.75) is 57.2 Å². The first-order valence-electron chi connectivity index (χ1n) is 11.4. The smallest absolute Gasteiger partial charge is 0.417 e. The van der Waals surface area contributed by atoms with Gasteiger partial charge in [0.2, 0.25) is 0 Å². The topological polar surface area (TPSA) is 86.5 Å². The molecule has 2 heterocycles. The van der Waals surface area contributed by atoms with E-state index in [0.717, 1.165) is 55.6 Å². The summed E-state index contributed by atoms with van der Waals surface area (Å²) >= 11 is 0. The number of hydrogen-bond acceptors (Lipinski definition) is 5. The van der Waals surface area contributed by atoms with Gasteiger partial charge in [-0.2, -0.15) is 18.3 Å². The number of carboxylic acid groups (broad SMARTS) is 1. The molecule has 7 nitrogen and oxygen atoms in total. The fourth-order valence-corrected chi connectivity index (χ4v) is 4.33. The van der Waals surface area contributed by atoms with Crippen LogP contribution in [-0.4, -0.2) is 33.0 Å². The Kier molecular flexibility index (Phi) is 7.28. The molecule has 0 aliphatic heterocycles. The molecule has 0 amide bonds. The van der Waals surface area contributed by atoms with Gasteiger partial charge in [-0.1, -0.05) is 25.3 Å². The summed E-state index contributed by atoms with van der Waals surface area (Å²) < 4.78 is 51.7. The molecule has 0 spiro atoms. The van der Waals surface area contributed by atoms with Gasteiger partial charge in [0, 0.05) is 23.9 Å². The Labute approximate surface area is 200 Å². The molecule has 35 heavy (non-hydrogen) atoms. The number of rotatable bonds is 8. The van der Waals surface area contributed by atoms with Crippen molar-refractivity contribution in [3.8, 4) is 17.3 Å². The van der Waals surface area contributed by atoms with Gasteiger partial charge in [0.1, 0.15) is 6.61 Å². The highest BCUT2D eigenvalue weighted by Crippen LogP contribution is 2.36. The number of benzene rings is 1. The second kappa shape index (κ2) is 10.4. The zero-order chi connectivity index (χ0) is 25.0. The van der Waals surface area contributed by atoms with Crippen molar-refractivity contribution >= 4 is 5.97 Å². The third-order valence-electron chi connectivity index (χ3n) is 6.09. The molecule has 0 unspecified atom stereocenters. The average molecular weight is 489 g/mol. The predicted molar refractivity (Wildman–Crippen MR) is 121 cm³/mol. The summed E-state index contributed by atoms with van der Waals surface area (Å²) in [5.41, 5.74) is 1.39. The number of nitrogens with zero attached hydrogens (tertiary/aromatic N) is 3. The summed E-state index contributed by atoms with van der Waals surface area (Å²) in [6.07, 6.45) is 3.20. The van der Waals surface area contributed by atoms with E-state index in [9.17, 15) is 18.0 Å². The quantitative estimate of drug-likeness (QED) is 0.447. The van der Waals surface area contributed by atoms with Crippen LogP contribution in [0.15, 0.2) is 42.7 Å². The van der Waals surface area contributed by atoms with E-state index in [1.807, 2.05) is 0 Å². The van der Waals surface area contributed by atoms with Gasteiger partial charge in [-0.25, -0.2) is 9.67 Å². The minimum absolute atomic E-state index is 0.138. The number of halogens is 3. The number of ether oxygens (including phenoxy) is 2. The summed E-state index contributed by atoms with van der Waals surface area (Å²) in [5.74, 6) is 0.419.